The van der Waals surface area contributed by atoms with Gasteiger partial charge in [-0.15, -0.1) is 0 Å². The number of methoxy groups -OCH3 is 1. The number of hydrogen-bond acceptors (Lipinski definition) is 6. The Balaban J connectivity index is 1.22. The van der Waals surface area contributed by atoms with Gasteiger partial charge in [-0.3, -0.25) is 4.79 Å². The minimum Gasteiger partial charge on any atom is -0.484 e. The SMILES string of the molecule is COC(=O)C1Cc2c([nH]c3ccccc23)CN1C(=O)COc1ccc2c(C)c(Cc3ccccc3)c(=O)oc2c1. The Morgan fingerprint density at radius 1 is 1.02 bits per heavy atom. The summed E-state index contributed by atoms with van der Waals surface area (Å²) in [6, 6.07) is 22.1. The first kappa shape index (κ1) is 25.4. The van der Waals surface area contributed by atoms with Gasteiger partial charge in [0, 0.05) is 46.5 Å². The van der Waals surface area contributed by atoms with E-state index in [0.717, 1.165) is 38.7 Å². The van der Waals surface area contributed by atoms with Crippen molar-refractivity contribution in [3.05, 3.63) is 111 Å². The zero-order chi connectivity index (χ0) is 27.8. The number of carbonyl (C=O) groups is 2. The highest BCUT2D eigenvalue weighted by molar-refractivity contribution is 5.90. The van der Waals surface area contributed by atoms with E-state index in [1.165, 1.54) is 12.0 Å². The van der Waals surface area contributed by atoms with E-state index < -0.39 is 17.6 Å². The fourth-order valence-corrected chi connectivity index (χ4v) is 5.51. The Morgan fingerprint density at radius 2 is 1.80 bits per heavy atom. The second-order valence-electron chi connectivity index (χ2n) is 9.99. The molecule has 3 aromatic carbocycles. The molecule has 0 bridgehead atoms. The van der Waals surface area contributed by atoms with Crippen molar-refractivity contribution in [1.82, 2.24) is 9.88 Å². The highest BCUT2D eigenvalue weighted by Gasteiger charge is 2.37. The molecule has 1 amide bonds. The van der Waals surface area contributed by atoms with E-state index >= 15 is 0 Å². The van der Waals surface area contributed by atoms with Gasteiger partial charge in [0.15, 0.2) is 6.61 Å². The molecule has 1 aliphatic heterocycles. The van der Waals surface area contributed by atoms with E-state index in [2.05, 4.69) is 4.98 Å². The average molecular weight is 537 g/mol. The van der Waals surface area contributed by atoms with Crippen LogP contribution in [0.15, 0.2) is 82.0 Å². The van der Waals surface area contributed by atoms with Crippen molar-refractivity contribution in [2.45, 2.75) is 32.4 Å². The Labute approximate surface area is 230 Å². The number of fused-ring (bicyclic) bond motifs is 4. The highest BCUT2D eigenvalue weighted by atomic mass is 16.5. The quantitative estimate of drug-likeness (QED) is 0.250. The van der Waals surface area contributed by atoms with Crippen molar-refractivity contribution < 1.29 is 23.5 Å². The number of para-hydroxylation sites is 1. The minimum atomic E-state index is -0.756. The molecule has 3 heterocycles. The molecular weight excluding hydrogens is 508 g/mol. The summed E-state index contributed by atoms with van der Waals surface area (Å²) in [7, 11) is 1.32. The van der Waals surface area contributed by atoms with Crippen LogP contribution in [0, 0.1) is 6.92 Å². The normalized spacial score (nSPS) is 14.8. The fourth-order valence-electron chi connectivity index (χ4n) is 5.51. The van der Waals surface area contributed by atoms with Crippen LogP contribution in [0.2, 0.25) is 0 Å². The number of aromatic nitrogens is 1. The Bertz CT molecular complexity index is 1800. The van der Waals surface area contributed by atoms with Gasteiger partial charge in [-0.05, 0) is 41.8 Å². The van der Waals surface area contributed by atoms with Gasteiger partial charge >= 0.3 is 11.6 Å². The van der Waals surface area contributed by atoms with Gasteiger partial charge in [0.25, 0.3) is 5.91 Å². The van der Waals surface area contributed by atoms with E-state index in [-0.39, 0.29) is 19.1 Å². The molecule has 1 N–H and O–H groups in total. The molecule has 8 heteroatoms. The summed E-state index contributed by atoms with van der Waals surface area (Å²) >= 11 is 0. The predicted molar refractivity (Wildman–Crippen MR) is 150 cm³/mol. The molecule has 1 unspecified atom stereocenters. The van der Waals surface area contributed by atoms with Crippen LogP contribution in [0.25, 0.3) is 21.9 Å². The van der Waals surface area contributed by atoms with Crippen LogP contribution in [0.1, 0.15) is 27.9 Å². The molecule has 202 valence electrons. The molecule has 40 heavy (non-hydrogen) atoms. The summed E-state index contributed by atoms with van der Waals surface area (Å²) in [6.07, 6.45) is 0.830. The number of aryl methyl sites for hydroxylation is 1. The third-order valence-electron chi connectivity index (χ3n) is 7.64. The first-order valence-electron chi connectivity index (χ1n) is 13.1. The van der Waals surface area contributed by atoms with Crippen LogP contribution < -0.4 is 10.4 Å². The van der Waals surface area contributed by atoms with E-state index in [4.69, 9.17) is 13.9 Å². The number of carbonyl (C=O) groups excluding carboxylic acids is 2. The molecule has 0 aliphatic carbocycles. The summed E-state index contributed by atoms with van der Waals surface area (Å²) in [5, 5.41) is 1.84. The molecule has 0 saturated heterocycles. The lowest BCUT2D eigenvalue weighted by Gasteiger charge is -2.33. The van der Waals surface area contributed by atoms with Crippen LogP contribution in [-0.2, 0) is 33.7 Å². The van der Waals surface area contributed by atoms with Crippen molar-refractivity contribution in [2.75, 3.05) is 13.7 Å². The second-order valence-corrected chi connectivity index (χ2v) is 9.99. The van der Waals surface area contributed by atoms with Crippen LogP contribution in [0.4, 0.5) is 0 Å². The molecule has 8 nitrogen and oxygen atoms in total. The predicted octanol–water partition coefficient (Wildman–Crippen LogP) is 4.68. The molecular formula is C32H28N2O6. The van der Waals surface area contributed by atoms with Crippen molar-refractivity contribution in [2.24, 2.45) is 0 Å². The van der Waals surface area contributed by atoms with Crippen LogP contribution >= 0.6 is 0 Å². The topological polar surface area (TPSA) is 102 Å². The number of nitrogens with one attached hydrogen (secondary N) is 1. The molecule has 1 aliphatic rings. The maximum absolute atomic E-state index is 13.3. The van der Waals surface area contributed by atoms with Gasteiger partial charge in [-0.1, -0.05) is 48.5 Å². The van der Waals surface area contributed by atoms with Crippen LogP contribution in [0.5, 0.6) is 5.75 Å². The van der Waals surface area contributed by atoms with Gasteiger partial charge in [0.2, 0.25) is 0 Å². The standard InChI is InChI=1S/C32H28N2O6/c1-19-22-13-12-21(15-29(22)40-31(36)24(19)14-20-8-4-3-5-9-20)39-18-30(35)34-17-27-25(16-28(34)32(37)38-2)23-10-6-7-11-26(23)33-27/h3-13,15,28,33H,14,16-18H2,1-2H3. The first-order valence-corrected chi connectivity index (χ1v) is 13.1. The van der Waals surface area contributed by atoms with E-state index in [0.29, 0.717) is 29.7 Å². The zero-order valence-corrected chi connectivity index (χ0v) is 22.2. The number of hydrogen-bond donors (Lipinski definition) is 1. The van der Waals surface area contributed by atoms with Gasteiger partial charge in [0.05, 0.1) is 13.7 Å². The number of amides is 1. The molecule has 1 atom stereocenters. The number of ether oxygens (including phenoxy) is 2. The second kappa shape index (κ2) is 10.4. The Morgan fingerprint density at radius 3 is 2.60 bits per heavy atom. The van der Waals surface area contributed by atoms with Crippen LogP contribution in [0.3, 0.4) is 0 Å². The van der Waals surface area contributed by atoms with E-state index in [1.807, 2.05) is 67.6 Å². The Kier molecular flexibility index (Phi) is 6.59. The third kappa shape index (κ3) is 4.62. The lowest BCUT2D eigenvalue weighted by molar-refractivity contribution is -0.154. The van der Waals surface area contributed by atoms with Gasteiger partial charge in [0.1, 0.15) is 17.4 Å². The van der Waals surface area contributed by atoms with Gasteiger partial charge in [-0.2, -0.15) is 0 Å². The number of esters is 1. The van der Waals surface area contributed by atoms with Crippen molar-refractivity contribution >= 4 is 33.7 Å². The van der Waals surface area contributed by atoms with E-state index in [1.54, 1.807) is 12.1 Å². The summed E-state index contributed by atoms with van der Waals surface area (Å²) < 4.78 is 16.5. The average Bonchev–Trinajstić information content (AvgIpc) is 3.35. The lowest BCUT2D eigenvalue weighted by atomic mass is 9.96. The van der Waals surface area contributed by atoms with Crippen molar-refractivity contribution in [3.63, 3.8) is 0 Å². The smallest absolute Gasteiger partial charge is 0.340 e. The lowest BCUT2D eigenvalue weighted by Crippen LogP contribution is -2.50. The summed E-state index contributed by atoms with van der Waals surface area (Å²) in [6.45, 7) is 1.86. The third-order valence-corrected chi connectivity index (χ3v) is 7.64. The molecule has 6 rings (SSSR count). The number of aromatic amines is 1. The van der Waals surface area contributed by atoms with Crippen molar-refractivity contribution in [1.29, 1.82) is 0 Å². The van der Waals surface area contributed by atoms with Gasteiger partial charge < -0.3 is 23.8 Å². The molecule has 0 fully saturated rings. The summed E-state index contributed by atoms with van der Waals surface area (Å²) in [5.74, 6) is -0.439. The minimum absolute atomic E-state index is 0.238. The summed E-state index contributed by atoms with van der Waals surface area (Å²) in [4.78, 5) is 43.7. The summed E-state index contributed by atoms with van der Waals surface area (Å²) in [5.41, 5.74) is 5.34. The maximum Gasteiger partial charge on any atom is 0.340 e. The number of benzene rings is 3. The number of H-pyrrole nitrogens is 1. The van der Waals surface area contributed by atoms with Crippen LogP contribution in [-0.4, -0.2) is 41.5 Å². The zero-order valence-electron chi connectivity index (χ0n) is 22.2. The molecule has 0 spiro atoms. The fraction of sp³-hybridized carbons (Fsp3) is 0.219. The molecule has 5 aromatic rings. The Hall–Kier alpha value is -4.85. The van der Waals surface area contributed by atoms with Gasteiger partial charge in [-0.25, -0.2) is 9.59 Å². The van der Waals surface area contributed by atoms with E-state index in [9.17, 15) is 14.4 Å². The molecule has 2 aromatic heterocycles. The molecule has 0 saturated carbocycles. The monoisotopic (exact) mass is 536 g/mol. The molecule has 0 radical (unpaired) electrons. The number of rotatable bonds is 6. The first-order chi connectivity index (χ1) is 19.4. The number of nitrogens with zero attached hydrogens (tertiary/aromatic N) is 1. The maximum atomic E-state index is 13.3. The highest BCUT2D eigenvalue weighted by Crippen LogP contribution is 2.31. The van der Waals surface area contributed by atoms with Crippen molar-refractivity contribution in [3.8, 4) is 5.75 Å². The largest absolute Gasteiger partial charge is 0.484 e.